The average molecular weight is 386 g/mol. The van der Waals surface area contributed by atoms with Gasteiger partial charge in [0.25, 0.3) is 0 Å². The van der Waals surface area contributed by atoms with E-state index in [4.69, 9.17) is 10.00 Å². The monoisotopic (exact) mass is 385 g/mol. The molecule has 0 atom stereocenters. The van der Waals surface area contributed by atoms with Crippen molar-refractivity contribution < 1.29 is 4.74 Å². The van der Waals surface area contributed by atoms with Gasteiger partial charge < -0.3 is 9.64 Å². The van der Waals surface area contributed by atoms with Crippen LogP contribution in [0.15, 0.2) is 39.8 Å². The molecule has 5 heteroatoms. The van der Waals surface area contributed by atoms with Gasteiger partial charge in [-0.1, -0.05) is 0 Å². The zero-order valence-electron chi connectivity index (χ0n) is 14.3. The first kappa shape index (κ1) is 18.0. The molecule has 0 fully saturated rings. The zero-order valence-corrected chi connectivity index (χ0v) is 15.9. The Hall–Kier alpha value is -2.32. The van der Waals surface area contributed by atoms with E-state index in [1.807, 2.05) is 44.3 Å². The van der Waals surface area contributed by atoms with Crippen molar-refractivity contribution >= 4 is 28.0 Å². The van der Waals surface area contributed by atoms with Crippen molar-refractivity contribution in [2.24, 2.45) is 4.99 Å². The lowest BCUT2D eigenvalue weighted by Gasteiger charge is -2.13. The van der Waals surface area contributed by atoms with Crippen molar-refractivity contribution in [2.75, 3.05) is 13.6 Å². The van der Waals surface area contributed by atoms with Gasteiger partial charge in [0.05, 0.1) is 17.6 Å². The number of nitriles is 1. The molecule has 0 aliphatic rings. The van der Waals surface area contributed by atoms with Crippen molar-refractivity contribution in [1.29, 1.82) is 5.26 Å². The SMILES string of the molecule is CCN(C)C=Nc1cc(C)c(Oc2ccc(C#N)c(Br)c2)cc1C. The van der Waals surface area contributed by atoms with Gasteiger partial charge in [-0.25, -0.2) is 4.99 Å². The first-order chi connectivity index (χ1) is 11.4. The lowest BCUT2D eigenvalue weighted by atomic mass is 10.1. The fourth-order valence-corrected chi connectivity index (χ4v) is 2.49. The van der Waals surface area contributed by atoms with E-state index in [9.17, 15) is 0 Å². The standard InChI is InChI=1S/C19H20BrN3O/c1-5-23(4)12-22-18-8-14(3)19(9-13(18)2)24-16-7-6-15(11-21)17(20)10-16/h6-10,12H,5H2,1-4H3. The van der Waals surface area contributed by atoms with Gasteiger partial charge in [0.1, 0.15) is 17.6 Å². The molecule has 0 N–H and O–H groups in total. The summed E-state index contributed by atoms with van der Waals surface area (Å²) < 4.78 is 6.69. The van der Waals surface area contributed by atoms with Gasteiger partial charge in [0.2, 0.25) is 0 Å². The van der Waals surface area contributed by atoms with E-state index in [1.54, 1.807) is 18.2 Å². The molecule has 0 aliphatic heterocycles. The number of rotatable bonds is 5. The van der Waals surface area contributed by atoms with Crippen LogP contribution in [0.5, 0.6) is 11.5 Å². The normalized spacial score (nSPS) is 10.7. The number of aliphatic imine (C=N–C) groups is 1. The van der Waals surface area contributed by atoms with Gasteiger partial charge >= 0.3 is 0 Å². The summed E-state index contributed by atoms with van der Waals surface area (Å²) in [4.78, 5) is 6.55. The Labute approximate surface area is 151 Å². The summed E-state index contributed by atoms with van der Waals surface area (Å²) in [5.74, 6) is 1.47. The predicted octanol–water partition coefficient (Wildman–Crippen LogP) is 5.34. The van der Waals surface area contributed by atoms with E-state index < -0.39 is 0 Å². The highest BCUT2D eigenvalue weighted by molar-refractivity contribution is 9.10. The molecule has 0 aromatic heterocycles. The minimum atomic E-state index is 0.583. The molecule has 2 rings (SSSR count). The van der Waals surface area contributed by atoms with Crippen LogP contribution in [0.2, 0.25) is 0 Å². The summed E-state index contributed by atoms with van der Waals surface area (Å²) in [5.41, 5.74) is 3.57. The van der Waals surface area contributed by atoms with Crippen LogP contribution < -0.4 is 4.74 Å². The van der Waals surface area contributed by atoms with Crippen molar-refractivity contribution in [1.82, 2.24) is 4.90 Å². The molecule has 0 spiro atoms. The van der Waals surface area contributed by atoms with Crippen LogP contribution >= 0.6 is 15.9 Å². The maximum atomic E-state index is 8.98. The summed E-state index contributed by atoms with van der Waals surface area (Å²) >= 11 is 3.38. The van der Waals surface area contributed by atoms with E-state index >= 15 is 0 Å². The van der Waals surface area contributed by atoms with Gasteiger partial charge in [-0.3, -0.25) is 0 Å². The Morgan fingerprint density at radius 1 is 1.25 bits per heavy atom. The van der Waals surface area contributed by atoms with Crippen LogP contribution in [0.1, 0.15) is 23.6 Å². The topological polar surface area (TPSA) is 48.6 Å². The Kier molecular flexibility index (Phi) is 5.99. The third-order valence-electron chi connectivity index (χ3n) is 3.68. The largest absolute Gasteiger partial charge is 0.457 e. The quantitative estimate of drug-likeness (QED) is 0.515. The summed E-state index contributed by atoms with van der Waals surface area (Å²) in [6.07, 6.45) is 1.83. The first-order valence-corrected chi connectivity index (χ1v) is 8.47. The number of hydrogen-bond acceptors (Lipinski definition) is 3. The third-order valence-corrected chi connectivity index (χ3v) is 4.33. The number of hydrogen-bond donors (Lipinski definition) is 0. The van der Waals surface area contributed by atoms with Crippen LogP contribution in [-0.2, 0) is 0 Å². The van der Waals surface area contributed by atoms with E-state index in [1.165, 1.54) is 0 Å². The van der Waals surface area contributed by atoms with Crippen molar-refractivity contribution in [3.63, 3.8) is 0 Å². The molecule has 0 saturated heterocycles. The smallest absolute Gasteiger partial charge is 0.130 e. The second-order valence-corrected chi connectivity index (χ2v) is 6.43. The Balaban J connectivity index is 2.26. The minimum absolute atomic E-state index is 0.583. The maximum absolute atomic E-state index is 8.98. The van der Waals surface area contributed by atoms with Gasteiger partial charge in [-0.15, -0.1) is 0 Å². The molecular weight excluding hydrogens is 366 g/mol. The molecule has 0 unspecified atom stereocenters. The number of benzene rings is 2. The van der Waals surface area contributed by atoms with E-state index in [2.05, 4.69) is 33.9 Å². The highest BCUT2D eigenvalue weighted by atomic mass is 79.9. The Bertz CT molecular complexity index is 809. The first-order valence-electron chi connectivity index (χ1n) is 7.67. The summed E-state index contributed by atoms with van der Waals surface area (Å²) in [5, 5.41) is 8.98. The molecule has 2 aromatic carbocycles. The van der Waals surface area contributed by atoms with E-state index in [0.717, 1.165) is 33.6 Å². The van der Waals surface area contributed by atoms with Crippen molar-refractivity contribution in [3.05, 3.63) is 51.5 Å². The van der Waals surface area contributed by atoms with Crippen LogP contribution in [0.25, 0.3) is 0 Å². The van der Waals surface area contributed by atoms with Crippen LogP contribution in [0, 0.1) is 25.2 Å². The molecule has 0 saturated carbocycles. The molecule has 4 nitrogen and oxygen atoms in total. The maximum Gasteiger partial charge on any atom is 0.130 e. The molecule has 0 bridgehead atoms. The van der Waals surface area contributed by atoms with Gasteiger partial charge in [-0.05, 0) is 78.2 Å². The second kappa shape index (κ2) is 7.98. The van der Waals surface area contributed by atoms with Crippen LogP contribution in [0.4, 0.5) is 5.69 Å². The van der Waals surface area contributed by atoms with Gasteiger partial charge in [0, 0.05) is 18.1 Å². The van der Waals surface area contributed by atoms with E-state index in [-0.39, 0.29) is 0 Å². The molecule has 0 heterocycles. The fraction of sp³-hybridized carbons (Fsp3) is 0.263. The van der Waals surface area contributed by atoms with Crippen LogP contribution in [0.3, 0.4) is 0 Å². The number of ether oxygens (including phenoxy) is 1. The minimum Gasteiger partial charge on any atom is -0.457 e. The second-order valence-electron chi connectivity index (χ2n) is 5.58. The van der Waals surface area contributed by atoms with E-state index in [0.29, 0.717) is 11.3 Å². The lowest BCUT2D eigenvalue weighted by Crippen LogP contribution is -2.14. The summed E-state index contributed by atoms with van der Waals surface area (Å²) in [7, 11) is 1.99. The number of halogens is 1. The third kappa shape index (κ3) is 4.36. The molecular formula is C19H20BrN3O. The molecule has 0 amide bonds. The van der Waals surface area contributed by atoms with Crippen LogP contribution in [-0.4, -0.2) is 24.8 Å². The highest BCUT2D eigenvalue weighted by Crippen LogP contribution is 2.33. The average Bonchev–Trinajstić information content (AvgIpc) is 2.56. The lowest BCUT2D eigenvalue weighted by molar-refractivity contribution is 0.478. The molecule has 2 aromatic rings. The molecule has 24 heavy (non-hydrogen) atoms. The van der Waals surface area contributed by atoms with Crippen molar-refractivity contribution in [3.8, 4) is 17.6 Å². The fourth-order valence-electron chi connectivity index (χ4n) is 2.04. The number of aryl methyl sites for hydroxylation is 2. The molecule has 0 aliphatic carbocycles. The van der Waals surface area contributed by atoms with Gasteiger partial charge in [-0.2, -0.15) is 5.26 Å². The predicted molar refractivity (Wildman–Crippen MR) is 101 cm³/mol. The van der Waals surface area contributed by atoms with Gasteiger partial charge in [0.15, 0.2) is 0 Å². The highest BCUT2D eigenvalue weighted by Gasteiger charge is 2.08. The Morgan fingerprint density at radius 3 is 2.62 bits per heavy atom. The molecule has 0 radical (unpaired) electrons. The number of nitrogens with zero attached hydrogens (tertiary/aromatic N) is 3. The molecule has 124 valence electrons. The summed E-state index contributed by atoms with van der Waals surface area (Å²) in [6.45, 7) is 7.00. The summed E-state index contributed by atoms with van der Waals surface area (Å²) in [6, 6.07) is 11.5. The Morgan fingerprint density at radius 2 is 2.00 bits per heavy atom. The zero-order chi connectivity index (χ0) is 17.7. The van der Waals surface area contributed by atoms with Crippen molar-refractivity contribution in [2.45, 2.75) is 20.8 Å².